The molecule has 1 aromatic carbocycles. The van der Waals surface area contributed by atoms with E-state index < -0.39 is 19.1 Å². The van der Waals surface area contributed by atoms with Crippen LogP contribution in [-0.4, -0.2) is 40.2 Å². The number of benzene rings is 1. The quantitative estimate of drug-likeness (QED) is 0.861. The highest BCUT2D eigenvalue weighted by molar-refractivity contribution is 6.45. The fourth-order valence-electron chi connectivity index (χ4n) is 2.94. The van der Waals surface area contributed by atoms with Gasteiger partial charge in [0.25, 0.3) is 0 Å². The second-order valence-electron chi connectivity index (χ2n) is 5.92. The minimum atomic E-state index is -4.67. The van der Waals surface area contributed by atoms with E-state index in [1.165, 1.54) is 0 Å². The molecule has 0 unspecified atom stereocenters. The normalized spacial score (nSPS) is 16.1. The van der Waals surface area contributed by atoms with Crippen LogP contribution < -0.4 is 0 Å². The van der Waals surface area contributed by atoms with Crippen molar-refractivity contribution < 1.29 is 22.6 Å². The first kappa shape index (κ1) is 17.7. The van der Waals surface area contributed by atoms with Crippen LogP contribution in [0.1, 0.15) is 30.2 Å². The van der Waals surface area contributed by atoms with E-state index in [0.29, 0.717) is 31.5 Å². The molecular formula is C16H17BF3N3O2. The van der Waals surface area contributed by atoms with Gasteiger partial charge in [0.15, 0.2) is 0 Å². The van der Waals surface area contributed by atoms with Crippen LogP contribution in [0.15, 0.2) is 40.3 Å². The summed E-state index contributed by atoms with van der Waals surface area (Å²) in [6.07, 6.45) is -3.45. The number of hydrogen-bond donors (Lipinski definition) is 1. The fraction of sp³-hybridized carbons (Fsp3) is 0.375. The molecule has 9 heteroatoms. The highest BCUT2D eigenvalue weighted by Gasteiger charge is 2.38. The summed E-state index contributed by atoms with van der Waals surface area (Å²) in [6, 6.07) is 9.06. The van der Waals surface area contributed by atoms with Crippen molar-refractivity contribution in [2.24, 2.45) is 0 Å². The molecule has 2 heterocycles. The Bertz CT molecular complexity index is 749. The first-order valence-electron chi connectivity index (χ1n) is 7.97. The lowest BCUT2D eigenvalue weighted by molar-refractivity contribution is -0.157. The molecule has 1 aliphatic rings. The van der Waals surface area contributed by atoms with Gasteiger partial charge in [-0.3, -0.25) is 0 Å². The van der Waals surface area contributed by atoms with Crippen LogP contribution in [0.25, 0.3) is 5.57 Å². The zero-order valence-corrected chi connectivity index (χ0v) is 13.6. The van der Waals surface area contributed by atoms with Crippen molar-refractivity contribution in [2.45, 2.75) is 25.8 Å². The van der Waals surface area contributed by atoms with Crippen molar-refractivity contribution in [1.29, 1.82) is 0 Å². The third kappa shape index (κ3) is 3.93. The summed E-state index contributed by atoms with van der Waals surface area (Å²) in [4.78, 5) is 1.90. The molecule has 1 fully saturated rings. The number of alkyl halides is 3. The Kier molecular flexibility index (Phi) is 4.96. The monoisotopic (exact) mass is 351 g/mol. The van der Waals surface area contributed by atoms with E-state index in [4.69, 9.17) is 4.42 Å². The van der Waals surface area contributed by atoms with Crippen molar-refractivity contribution >= 4 is 12.6 Å². The van der Waals surface area contributed by atoms with Gasteiger partial charge in [0.2, 0.25) is 5.89 Å². The Balaban J connectivity index is 2.00. The van der Waals surface area contributed by atoms with Crippen molar-refractivity contribution in [3.05, 3.63) is 53.2 Å². The summed E-state index contributed by atoms with van der Waals surface area (Å²) < 4.78 is 43.3. The van der Waals surface area contributed by atoms with Gasteiger partial charge in [-0.15, -0.1) is 10.2 Å². The van der Waals surface area contributed by atoms with Crippen LogP contribution in [-0.2, 0) is 6.18 Å². The molecule has 0 amide bonds. The Labute approximate surface area is 143 Å². The van der Waals surface area contributed by atoms with E-state index in [2.05, 4.69) is 10.2 Å². The Hall–Kier alpha value is -2.13. The smallest absolute Gasteiger partial charge is 0.437 e. The van der Waals surface area contributed by atoms with Gasteiger partial charge in [-0.1, -0.05) is 35.9 Å². The Morgan fingerprint density at radius 3 is 2.32 bits per heavy atom. The van der Waals surface area contributed by atoms with Crippen molar-refractivity contribution in [1.82, 2.24) is 15.0 Å². The molecule has 0 bridgehead atoms. The highest BCUT2D eigenvalue weighted by Crippen LogP contribution is 2.34. The number of piperidine rings is 1. The molecule has 1 aromatic heterocycles. The summed E-state index contributed by atoms with van der Waals surface area (Å²) in [6.45, 7) is 2.92. The third-order valence-electron chi connectivity index (χ3n) is 4.23. The lowest BCUT2D eigenvalue weighted by Gasteiger charge is -2.30. The van der Waals surface area contributed by atoms with Gasteiger partial charge < -0.3 is 14.3 Å². The van der Waals surface area contributed by atoms with Crippen LogP contribution in [0.5, 0.6) is 0 Å². The van der Waals surface area contributed by atoms with Gasteiger partial charge in [-0.05, 0) is 38.3 Å². The van der Waals surface area contributed by atoms with E-state index in [9.17, 15) is 18.2 Å². The zero-order chi connectivity index (χ0) is 18.0. The molecule has 0 spiro atoms. The standard InChI is InChI=1S/C16H17BF3N3O2/c1-17(24)23-9-7-12(8-10-23)13(11-5-3-2-4-6-11)14-21-22-15(25-14)16(18,19)20/h2-6,24H,7-10H2,1H3. The predicted molar refractivity (Wildman–Crippen MR) is 86.4 cm³/mol. The van der Waals surface area contributed by atoms with Crippen LogP contribution in [0, 0.1) is 0 Å². The van der Waals surface area contributed by atoms with Crippen molar-refractivity contribution in [3.63, 3.8) is 0 Å². The first-order valence-corrected chi connectivity index (χ1v) is 7.97. The minimum absolute atomic E-state index is 0.126. The number of nitrogens with zero attached hydrogens (tertiary/aromatic N) is 3. The second-order valence-corrected chi connectivity index (χ2v) is 5.92. The largest absolute Gasteiger partial charge is 0.470 e. The maximum absolute atomic E-state index is 12.8. The lowest BCUT2D eigenvalue weighted by atomic mass is 9.81. The number of hydrogen-bond acceptors (Lipinski definition) is 5. The zero-order valence-electron chi connectivity index (χ0n) is 13.6. The maximum Gasteiger partial charge on any atom is 0.470 e. The molecule has 1 saturated heterocycles. The van der Waals surface area contributed by atoms with E-state index in [1.54, 1.807) is 19.0 Å². The topological polar surface area (TPSA) is 62.4 Å². The second kappa shape index (κ2) is 7.01. The Morgan fingerprint density at radius 2 is 1.80 bits per heavy atom. The van der Waals surface area contributed by atoms with E-state index in [-0.39, 0.29) is 5.89 Å². The molecule has 3 rings (SSSR count). The SMILES string of the molecule is CB(O)N1CCC(=C(c2ccccc2)c2nnc(C(F)(F)F)o2)CC1. The molecule has 0 radical (unpaired) electrons. The molecule has 1 N–H and O–H groups in total. The van der Waals surface area contributed by atoms with Gasteiger partial charge in [-0.2, -0.15) is 13.2 Å². The summed E-state index contributed by atoms with van der Waals surface area (Å²) in [7, 11) is -0.554. The van der Waals surface area contributed by atoms with Crippen LogP contribution in [0.3, 0.4) is 0 Å². The van der Waals surface area contributed by atoms with Crippen LogP contribution in [0.4, 0.5) is 13.2 Å². The molecule has 2 aromatic rings. The molecule has 25 heavy (non-hydrogen) atoms. The number of rotatable bonds is 3. The molecule has 0 aliphatic carbocycles. The molecule has 1 aliphatic heterocycles. The summed E-state index contributed by atoms with van der Waals surface area (Å²) >= 11 is 0. The van der Waals surface area contributed by atoms with Crippen LogP contribution in [0.2, 0.25) is 6.82 Å². The van der Waals surface area contributed by atoms with E-state index >= 15 is 0 Å². The molecule has 0 atom stereocenters. The van der Waals surface area contributed by atoms with Gasteiger partial charge in [0.05, 0.1) is 0 Å². The maximum atomic E-state index is 12.8. The number of aromatic nitrogens is 2. The van der Waals surface area contributed by atoms with E-state index in [1.807, 2.05) is 23.0 Å². The third-order valence-corrected chi connectivity index (χ3v) is 4.23. The lowest BCUT2D eigenvalue weighted by Crippen LogP contribution is -2.41. The molecule has 5 nitrogen and oxygen atoms in total. The van der Waals surface area contributed by atoms with Crippen molar-refractivity contribution in [3.8, 4) is 0 Å². The Morgan fingerprint density at radius 1 is 1.16 bits per heavy atom. The summed E-state index contributed by atoms with van der Waals surface area (Å²) in [5, 5.41) is 16.4. The van der Waals surface area contributed by atoms with E-state index in [0.717, 1.165) is 11.1 Å². The summed E-state index contributed by atoms with van der Waals surface area (Å²) in [5.41, 5.74) is 2.23. The van der Waals surface area contributed by atoms with Crippen LogP contribution >= 0.6 is 0 Å². The predicted octanol–water partition coefficient (Wildman–Crippen LogP) is 3.10. The van der Waals surface area contributed by atoms with Gasteiger partial charge >= 0.3 is 19.1 Å². The van der Waals surface area contributed by atoms with Gasteiger partial charge in [-0.25, -0.2) is 0 Å². The van der Waals surface area contributed by atoms with Gasteiger partial charge in [0, 0.05) is 5.57 Å². The number of halogens is 3. The molecule has 0 saturated carbocycles. The molecular weight excluding hydrogens is 334 g/mol. The fourth-order valence-corrected chi connectivity index (χ4v) is 2.94. The van der Waals surface area contributed by atoms with Gasteiger partial charge in [0.1, 0.15) is 0 Å². The summed E-state index contributed by atoms with van der Waals surface area (Å²) in [5.74, 6) is -1.48. The molecule has 132 valence electrons. The average Bonchev–Trinajstić information content (AvgIpc) is 3.06. The minimum Gasteiger partial charge on any atom is -0.437 e. The highest BCUT2D eigenvalue weighted by atomic mass is 19.4. The average molecular weight is 351 g/mol. The van der Waals surface area contributed by atoms with Crippen molar-refractivity contribution in [2.75, 3.05) is 13.1 Å². The first-order chi connectivity index (χ1) is 11.9.